The highest BCUT2D eigenvalue weighted by molar-refractivity contribution is 5.47. The van der Waals surface area contributed by atoms with Gasteiger partial charge in [-0.25, -0.2) is 4.98 Å². The minimum Gasteiger partial charge on any atom is -0.478 e. The molecular formula is C7H5N5O. The number of nitriles is 2. The Morgan fingerprint density at radius 3 is 2.23 bits per heavy atom. The van der Waals surface area contributed by atoms with E-state index in [-0.39, 0.29) is 23.1 Å². The Morgan fingerprint density at radius 1 is 1.23 bits per heavy atom. The lowest BCUT2D eigenvalue weighted by Crippen LogP contribution is -2.03. The number of hydrogen-bond donors (Lipinski definition) is 1. The number of nitrogen functional groups attached to an aromatic ring is 1. The molecule has 0 aromatic carbocycles. The van der Waals surface area contributed by atoms with Crippen molar-refractivity contribution < 1.29 is 4.74 Å². The summed E-state index contributed by atoms with van der Waals surface area (Å²) in [6.07, 6.45) is 0. The Labute approximate surface area is 74.2 Å². The summed E-state index contributed by atoms with van der Waals surface area (Å²) in [5, 5.41) is 17.1. The summed E-state index contributed by atoms with van der Waals surface area (Å²) in [6.45, 7) is 0. The number of anilines is 1. The van der Waals surface area contributed by atoms with Crippen molar-refractivity contribution in [3.63, 3.8) is 0 Å². The van der Waals surface area contributed by atoms with Crippen LogP contribution < -0.4 is 10.5 Å². The van der Waals surface area contributed by atoms with Crippen molar-refractivity contribution >= 4 is 5.82 Å². The molecule has 1 aromatic rings. The maximum absolute atomic E-state index is 8.56. The Balaban J connectivity index is 3.39. The standard InChI is InChI=1S/C7H5N5O/c1-13-7-6(10)11-4(2-8)5(3-9)12-7/h1H3,(H2,10,11). The fourth-order valence-corrected chi connectivity index (χ4v) is 0.739. The zero-order chi connectivity index (χ0) is 9.84. The maximum Gasteiger partial charge on any atom is 0.258 e. The van der Waals surface area contributed by atoms with Crippen molar-refractivity contribution in [2.75, 3.05) is 12.8 Å². The lowest BCUT2D eigenvalue weighted by Gasteiger charge is -2.02. The van der Waals surface area contributed by atoms with Crippen LogP contribution in [-0.2, 0) is 0 Å². The summed E-state index contributed by atoms with van der Waals surface area (Å²) < 4.78 is 4.73. The molecule has 0 saturated heterocycles. The molecule has 0 atom stereocenters. The van der Waals surface area contributed by atoms with E-state index >= 15 is 0 Å². The highest BCUT2D eigenvalue weighted by Crippen LogP contribution is 2.16. The van der Waals surface area contributed by atoms with Crippen molar-refractivity contribution in [2.45, 2.75) is 0 Å². The molecule has 0 saturated carbocycles. The van der Waals surface area contributed by atoms with Crippen LogP contribution in [0.5, 0.6) is 5.88 Å². The average Bonchev–Trinajstić information content (AvgIpc) is 2.17. The summed E-state index contributed by atoms with van der Waals surface area (Å²) in [7, 11) is 1.35. The molecule has 6 nitrogen and oxygen atoms in total. The van der Waals surface area contributed by atoms with E-state index in [1.165, 1.54) is 7.11 Å². The number of methoxy groups -OCH3 is 1. The topological polar surface area (TPSA) is 109 Å². The van der Waals surface area contributed by atoms with Crippen molar-refractivity contribution in [2.24, 2.45) is 0 Å². The number of hydrogen-bond acceptors (Lipinski definition) is 6. The highest BCUT2D eigenvalue weighted by atomic mass is 16.5. The van der Waals surface area contributed by atoms with E-state index in [9.17, 15) is 0 Å². The molecule has 13 heavy (non-hydrogen) atoms. The maximum atomic E-state index is 8.56. The molecule has 0 aliphatic heterocycles. The normalized spacial score (nSPS) is 8.54. The van der Waals surface area contributed by atoms with Crippen LogP contribution in [0.15, 0.2) is 0 Å². The van der Waals surface area contributed by atoms with Gasteiger partial charge in [-0.05, 0) is 0 Å². The first-order chi connectivity index (χ1) is 6.22. The molecule has 1 aromatic heterocycles. The van der Waals surface area contributed by atoms with E-state index in [0.29, 0.717) is 0 Å². The van der Waals surface area contributed by atoms with Gasteiger partial charge in [0.05, 0.1) is 7.11 Å². The third-order valence-electron chi connectivity index (χ3n) is 1.29. The Hall–Kier alpha value is -2.34. The zero-order valence-corrected chi connectivity index (χ0v) is 6.77. The van der Waals surface area contributed by atoms with Crippen LogP contribution in [-0.4, -0.2) is 17.1 Å². The Kier molecular flexibility index (Phi) is 2.27. The third-order valence-corrected chi connectivity index (χ3v) is 1.29. The van der Waals surface area contributed by atoms with Gasteiger partial charge < -0.3 is 10.5 Å². The second-order valence-corrected chi connectivity index (χ2v) is 2.04. The molecule has 0 spiro atoms. The van der Waals surface area contributed by atoms with Crippen LogP contribution in [0, 0.1) is 22.7 Å². The van der Waals surface area contributed by atoms with E-state index in [1.807, 2.05) is 0 Å². The zero-order valence-electron chi connectivity index (χ0n) is 6.77. The third kappa shape index (κ3) is 1.47. The van der Waals surface area contributed by atoms with Crippen molar-refractivity contribution in [3.05, 3.63) is 11.4 Å². The second-order valence-electron chi connectivity index (χ2n) is 2.04. The van der Waals surface area contributed by atoms with Crippen LogP contribution >= 0.6 is 0 Å². The molecule has 0 bridgehead atoms. The first-order valence-electron chi connectivity index (χ1n) is 3.24. The molecule has 0 amide bonds. The van der Waals surface area contributed by atoms with Gasteiger partial charge in [-0.2, -0.15) is 15.5 Å². The molecule has 0 radical (unpaired) electrons. The van der Waals surface area contributed by atoms with Gasteiger partial charge in [0.2, 0.25) is 0 Å². The van der Waals surface area contributed by atoms with Crippen LogP contribution in [0.4, 0.5) is 5.82 Å². The first kappa shape index (κ1) is 8.75. The fraction of sp³-hybridized carbons (Fsp3) is 0.143. The molecular weight excluding hydrogens is 170 g/mol. The Morgan fingerprint density at radius 2 is 1.77 bits per heavy atom. The van der Waals surface area contributed by atoms with Gasteiger partial charge >= 0.3 is 0 Å². The van der Waals surface area contributed by atoms with E-state index in [4.69, 9.17) is 21.0 Å². The smallest absolute Gasteiger partial charge is 0.258 e. The van der Waals surface area contributed by atoms with Crippen molar-refractivity contribution in [1.29, 1.82) is 10.5 Å². The van der Waals surface area contributed by atoms with Gasteiger partial charge in [0.15, 0.2) is 17.2 Å². The van der Waals surface area contributed by atoms with Gasteiger partial charge in [0.25, 0.3) is 5.88 Å². The van der Waals surface area contributed by atoms with Gasteiger partial charge in [-0.3, -0.25) is 0 Å². The molecule has 0 fully saturated rings. The van der Waals surface area contributed by atoms with E-state index < -0.39 is 0 Å². The molecule has 1 rings (SSSR count). The minimum absolute atomic E-state index is 0.00181. The second kappa shape index (κ2) is 3.37. The lowest BCUT2D eigenvalue weighted by atomic mass is 10.3. The largest absolute Gasteiger partial charge is 0.478 e. The summed E-state index contributed by atoms with van der Waals surface area (Å²) in [5.74, 6) is 0.0496. The van der Waals surface area contributed by atoms with Gasteiger partial charge in [-0.1, -0.05) is 0 Å². The van der Waals surface area contributed by atoms with Crippen LogP contribution in [0.2, 0.25) is 0 Å². The minimum atomic E-state index is -0.0965. The summed E-state index contributed by atoms with van der Waals surface area (Å²) >= 11 is 0. The fourth-order valence-electron chi connectivity index (χ4n) is 0.739. The van der Waals surface area contributed by atoms with Crippen molar-refractivity contribution in [3.8, 4) is 18.0 Å². The SMILES string of the molecule is COc1nc(C#N)c(C#N)nc1N. The predicted octanol–water partition coefficient (Wildman–Crippen LogP) is -0.189. The van der Waals surface area contributed by atoms with Gasteiger partial charge in [0.1, 0.15) is 12.1 Å². The highest BCUT2D eigenvalue weighted by Gasteiger charge is 2.10. The molecule has 1 heterocycles. The van der Waals surface area contributed by atoms with Crippen LogP contribution in [0.3, 0.4) is 0 Å². The first-order valence-corrected chi connectivity index (χ1v) is 3.24. The number of ether oxygens (including phenoxy) is 1. The van der Waals surface area contributed by atoms with Gasteiger partial charge in [-0.15, -0.1) is 0 Å². The molecule has 0 unspecified atom stereocenters. The summed E-state index contributed by atoms with van der Waals surface area (Å²) in [4.78, 5) is 7.33. The number of rotatable bonds is 1. The number of aromatic nitrogens is 2. The number of nitrogens with two attached hydrogens (primary N) is 1. The average molecular weight is 175 g/mol. The lowest BCUT2D eigenvalue weighted by molar-refractivity contribution is 0.398. The van der Waals surface area contributed by atoms with E-state index in [1.54, 1.807) is 12.1 Å². The molecule has 0 aliphatic carbocycles. The molecule has 2 N–H and O–H groups in total. The van der Waals surface area contributed by atoms with E-state index in [2.05, 4.69) is 9.97 Å². The van der Waals surface area contributed by atoms with Crippen LogP contribution in [0.1, 0.15) is 11.4 Å². The quantitative estimate of drug-likeness (QED) is 0.633. The number of nitrogens with zero attached hydrogens (tertiary/aromatic N) is 4. The van der Waals surface area contributed by atoms with Crippen LogP contribution in [0.25, 0.3) is 0 Å². The molecule has 64 valence electrons. The summed E-state index contributed by atoms with van der Waals surface area (Å²) in [6, 6.07) is 3.42. The molecule has 6 heteroatoms. The van der Waals surface area contributed by atoms with Crippen molar-refractivity contribution in [1.82, 2.24) is 9.97 Å². The van der Waals surface area contributed by atoms with Gasteiger partial charge in [0, 0.05) is 0 Å². The monoisotopic (exact) mass is 175 g/mol. The molecule has 0 aliphatic rings. The van der Waals surface area contributed by atoms with E-state index in [0.717, 1.165) is 0 Å². The Bertz CT molecular complexity index is 414. The summed E-state index contributed by atoms with van der Waals surface area (Å²) in [5.41, 5.74) is 5.19. The predicted molar refractivity (Wildman–Crippen MR) is 42.4 cm³/mol.